The van der Waals surface area contributed by atoms with Gasteiger partial charge in [-0.1, -0.05) is 81.4 Å². The monoisotopic (exact) mass is 469 g/mol. The predicted octanol–water partition coefficient (Wildman–Crippen LogP) is 3.34. The van der Waals surface area contributed by atoms with Gasteiger partial charge in [0.1, 0.15) is 18.8 Å². The largest absolute Gasteiger partial charge is 0.508 e. The Balaban J connectivity index is 1.72. The summed E-state index contributed by atoms with van der Waals surface area (Å²) >= 11 is 0. The molecule has 2 aromatic rings. The van der Waals surface area contributed by atoms with Gasteiger partial charge in [0.2, 0.25) is 0 Å². The number of hydrogen-bond donors (Lipinski definition) is 1. The maximum absolute atomic E-state index is 11.6. The summed E-state index contributed by atoms with van der Waals surface area (Å²) in [7, 11) is -2.78. The summed E-state index contributed by atoms with van der Waals surface area (Å²) in [6, 6.07) is 20.7. The van der Waals surface area contributed by atoms with Crippen molar-refractivity contribution in [2.45, 2.75) is 57.0 Å². The first-order valence-corrected chi connectivity index (χ1v) is 13.2. The van der Waals surface area contributed by atoms with Crippen LogP contribution in [-0.2, 0) is 18.6 Å². The summed E-state index contributed by atoms with van der Waals surface area (Å²) in [5, 5.41) is 2.17. The number of hydrogen-bond acceptors (Lipinski definition) is 6. The Morgan fingerprint density at radius 1 is 1.00 bits per heavy atom. The number of carbonyl (C=O) groups is 2. The van der Waals surface area contributed by atoms with Crippen molar-refractivity contribution in [3.05, 3.63) is 60.7 Å². The van der Waals surface area contributed by atoms with Crippen molar-refractivity contribution in [1.82, 2.24) is 0 Å². The van der Waals surface area contributed by atoms with Gasteiger partial charge >= 0.3 is 12.2 Å². The minimum Gasteiger partial charge on any atom is -0.446 e. The van der Waals surface area contributed by atoms with E-state index in [1.54, 1.807) is 0 Å². The predicted molar refractivity (Wildman–Crippen MR) is 126 cm³/mol. The Kier molecular flexibility index (Phi) is 6.49. The lowest BCUT2D eigenvalue weighted by atomic mass is 9.99. The second-order valence-electron chi connectivity index (χ2n) is 9.73. The molecule has 8 heteroatoms. The standard InChI is InChI=1S/C25H31NO6Si/c1-25(2,3)33(18-10-6-4-7-11-18,19-12-8-5-9-13-19)32-17-14-20(21(15-17)30-23(26)27)22-16-29-24(28)31-22/h4-13,17,20-22H,14-16H2,1-3H3,(H2,26,27). The Hall–Kier alpha value is -2.84. The average Bonchev–Trinajstić information content (AvgIpc) is 3.37. The smallest absolute Gasteiger partial charge is 0.446 e. The lowest BCUT2D eigenvalue weighted by molar-refractivity contribution is 0.0289. The maximum Gasteiger partial charge on any atom is 0.508 e. The maximum atomic E-state index is 11.6. The molecule has 176 valence electrons. The van der Waals surface area contributed by atoms with Crippen molar-refractivity contribution in [3.8, 4) is 0 Å². The van der Waals surface area contributed by atoms with Crippen molar-refractivity contribution in [2.75, 3.05) is 6.61 Å². The molecule has 1 aliphatic carbocycles. The number of benzene rings is 2. The zero-order valence-corrected chi connectivity index (χ0v) is 20.2. The first-order valence-electron chi connectivity index (χ1n) is 11.3. The summed E-state index contributed by atoms with van der Waals surface area (Å²) < 4.78 is 23.0. The molecular formula is C25H31NO6Si. The van der Waals surface area contributed by atoms with Crippen LogP contribution in [0, 0.1) is 5.92 Å². The molecule has 1 saturated carbocycles. The van der Waals surface area contributed by atoms with Crippen LogP contribution in [0.15, 0.2) is 60.7 Å². The van der Waals surface area contributed by atoms with E-state index in [1.165, 1.54) is 10.4 Å². The van der Waals surface area contributed by atoms with Gasteiger partial charge in [-0.3, -0.25) is 0 Å². The van der Waals surface area contributed by atoms with Crippen molar-refractivity contribution in [1.29, 1.82) is 0 Å². The molecule has 0 aromatic heterocycles. The molecule has 2 N–H and O–H groups in total. The van der Waals surface area contributed by atoms with E-state index in [4.69, 9.17) is 24.4 Å². The van der Waals surface area contributed by atoms with Crippen LogP contribution in [0.4, 0.5) is 9.59 Å². The number of ether oxygens (including phenoxy) is 3. The highest BCUT2D eigenvalue weighted by Gasteiger charge is 2.54. The summed E-state index contributed by atoms with van der Waals surface area (Å²) in [5.74, 6) is -0.243. The number of primary amides is 1. The number of amides is 1. The fraction of sp³-hybridized carbons (Fsp3) is 0.440. The van der Waals surface area contributed by atoms with Crippen molar-refractivity contribution in [2.24, 2.45) is 11.7 Å². The van der Waals surface area contributed by atoms with E-state index in [-0.39, 0.29) is 23.7 Å². The molecule has 4 atom stereocenters. The number of carbonyl (C=O) groups excluding carboxylic acids is 2. The Labute approximate surface area is 195 Å². The van der Waals surface area contributed by atoms with Crippen LogP contribution in [0.3, 0.4) is 0 Å². The highest BCUT2D eigenvalue weighted by molar-refractivity contribution is 6.99. The minimum atomic E-state index is -2.78. The third-order valence-corrected chi connectivity index (χ3v) is 11.7. The van der Waals surface area contributed by atoms with Crippen molar-refractivity contribution in [3.63, 3.8) is 0 Å². The zero-order valence-electron chi connectivity index (χ0n) is 19.2. The average molecular weight is 470 g/mol. The molecule has 33 heavy (non-hydrogen) atoms. The molecule has 1 heterocycles. The minimum absolute atomic E-state index is 0.133. The topological polar surface area (TPSA) is 97.1 Å². The molecule has 4 unspecified atom stereocenters. The Bertz CT molecular complexity index is 938. The first kappa shape index (κ1) is 23.3. The van der Waals surface area contributed by atoms with E-state index in [9.17, 15) is 9.59 Å². The third kappa shape index (κ3) is 4.63. The summed E-state index contributed by atoms with van der Waals surface area (Å²) in [4.78, 5) is 23.2. The molecule has 1 amide bonds. The van der Waals surface area contributed by atoms with Crippen LogP contribution >= 0.6 is 0 Å². The van der Waals surface area contributed by atoms with Gasteiger partial charge in [0.25, 0.3) is 8.32 Å². The lowest BCUT2D eigenvalue weighted by Crippen LogP contribution is -2.67. The molecule has 2 aliphatic rings. The second-order valence-corrected chi connectivity index (χ2v) is 14.0. The number of rotatable bonds is 6. The molecular weight excluding hydrogens is 438 g/mol. The van der Waals surface area contributed by atoms with Gasteiger partial charge in [-0.2, -0.15) is 0 Å². The normalized spacial score (nSPS) is 25.4. The number of cyclic esters (lactones) is 2. The highest BCUT2D eigenvalue weighted by atomic mass is 28.4. The van der Waals surface area contributed by atoms with Crippen LogP contribution in [0.25, 0.3) is 0 Å². The molecule has 2 aromatic carbocycles. The van der Waals surface area contributed by atoms with Crippen LogP contribution in [-0.4, -0.2) is 45.5 Å². The van der Waals surface area contributed by atoms with E-state index >= 15 is 0 Å². The Morgan fingerprint density at radius 2 is 1.58 bits per heavy atom. The van der Waals surface area contributed by atoms with E-state index in [1.807, 2.05) is 36.4 Å². The quantitative estimate of drug-likeness (QED) is 0.515. The first-order chi connectivity index (χ1) is 15.7. The summed E-state index contributed by atoms with van der Waals surface area (Å²) in [5.41, 5.74) is 5.35. The molecule has 4 rings (SSSR count). The summed E-state index contributed by atoms with van der Waals surface area (Å²) in [6.45, 7) is 6.79. The zero-order chi connectivity index (χ0) is 23.6. The SMILES string of the molecule is CC(C)(C)[Si](OC1CC(OC(N)=O)C(C2COC(=O)O2)C1)(c1ccccc1)c1ccccc1. The van der Waals surface area contributed by atoms with Crippen LogP contribution in [0.2, 0.25) is 5.04 Å². The van der Waals surface area contributed by atoms with E-state index in [2.05, 4.69) is 45.0 Å². The van der Waals surface area contributed by atoms with Crippen LogP contribution in [0.1, 0.15) is 33.6 Å². The Morgan fingerprint density at radius 3 is 2.03 bits per heavy atom. The molecule has 0 bridgehead atoms. The molecule has 1 saturated heterocycles. The van der Waals surface area contributed by atoms with Gasteiger partial charge in [-0.25, -0.2) is 9.59 Å². The lowest BCUT2D eigenvalue weighted by Gasteiger charge is -2.44. The molecule has 7 nitrogen and oxygen atoms in total. The van der Waals surface area contributed by atoms with Gasteiger partial charge < -0.3 is 24.4 Å². The van der Waals surface area contributed by atoms with Gasteiger partial charge in [0, 0.05) is 18.4 Å². The molecule has 0 spiro atoms. The third-order valence-electron chi connectivity index (χ3n) is 6.63. The van der Waals surface area contributed by atoms with Gasteiger partial charge in [0.15, 0.2) is 0 Å². The van der Waals surface area contributed by atoms with E-state index in [0.29, 0.717) is 12.8 Å². The highest BCUT2D eigenvalue weighted by Crippen LogP contribution is 2.42. The second kappa shape index (κ2) is 9.19. The van der Waals surface area contributed by atoms with Crippen LogP contribution in [0.5, 0.6) is 0 Å². The van der Waals surface area contributed by atoms with E-state index < -0.39 is 32.8 Å². The van der Waals surface area contributed by atoms with Gasteiger partial charge in [-0.05, 0) is 21.8 Å². The fourth-order valence-electron chi connectivity index (χ4n) is 5.25. The van der Waals surface area contributed by atoms with E-state index in [0.717, 1.165) is 0 Å². The van der Waals surface area contributed by atoms with Crippen molar-refractivity contribution < 1.29 is 28.2 Å². The molecule has 2 fully saturated rings. The molecule has 1 aliphatic heterocycles. The number of nitrogens with two attached hydrogens (primary N) is 1. The van der Waals surface area contributed by atoms with Crippen molar-refractivity contribution >= 4 is 30.9 Å². The van der Waals surface area contributed by atoms with Gasteiger partial charge in [-0.15, -0.1) is 0 Å². The fourth-order valence-corrected chi connectivity index (χ4v) is 9.96. The summed E-state index contributed by atoms with van der Waals surface area (Å²) in [6.07, 6.45) is -1.70. The van der Waals surface area contributed by atoms with Crippen LogP contribution < -0.4 is 16.1 Å². The van der Waals surface area contributed by atoms with Gasteiger partial charge in [0.05, 0.1) is 0 Å². The molecule has 0 radical (unpaired) electrons.